The van der Waals surface area contributed by atoms with E-state index in [1.807, 2.05) is 6.92 Å². The summed E-state index contributed by atoms with van der Waals surface area (Å²) in [6, 6.07) is 3.95. The molecule has 1 fully saturated rings. The Morgan fingerprint density at radius 1 is 1.18 bits per heavy atom. The van der Waals surface area contributed by atoms with Gasteiger partial charge in [0, 0.05) is 23.2 Å². The van der Waals surface area contributed by atoms with Gasteiger partial charge < -0.3 is 24.8 Å². The normalized spacial score (nSPS) is 20.3. The molecule has 9 nitrogen and oxygen atoms in total. The summed E-state index contributed by atoms with van der Waals surface area (Å²) < 4.78 is 40.4. The second kappa shape index (κ2) is 8.49. The largest absolute Gasteiger partial charge is 0.417 e. The van der Waals surface area contributed by atoms with Crippen LogP contribution >= 0.6 is 0 Å². The minimum Gasteiger partial charge on any atom is -0.417 e. The second-order valence-electron chi connectivity index (χ2n) is 7.96. The van der Waals surface area contributed by atoms with Crippen LogP contribution in [-0.4, -0.2) is 51.6 Å². The maximum atomic E-state index is 13.6. The molecule has 0 bridgehead atoms. The molecule has 3 aromatic heterocycles. The Hall–Kier alpha value is -3.44. The van der Waals surface area contributed by atoms with Gasteiger partial charge in [0.1, 0.15) is 11.5 Å². The van der Waals surface area contributed by atoms with Gasteiger partial charge in [-0.25, -0.2) is 15.0 Å². The molecule has 172 valence electrons. The maximum Gasteiger partial charge on any atom is 0.388 e. The standard InChI is InChI=1S/C22H21F2N5O4/c1-11-7-31-10-18(12-2-3-19(27-5-12)33-22(23)24)29(11)21(30)16-4-13-14-8-32-9-15(14)20(25)28-17(13)6-26-16/h2-6,11,18,22H,7-10H2,1H3,(H2,25,28)/t11-,18-/m0/s1. The molecule has 5 rings (SSSR count). The number of ether oxygens (including phenoxy) is 3. The number of nitrogen functional groups attached to an aromatic ring is 1. The topological polar surface area (TPSA) is 113 Å². The number of morpholine rings is 1. The zero-order valence-electron chi connectivity index (χ0n) is 17.7. The molecule has 33 heavy (non-hydrogen) atoms. The number of halogens is 2. The van der Waals surface area contributed by atoms with Gasteiger partial charge in [0.25, 0.3) is 5.91 Å². The number of amides is 1. The summed E-state index contributed by atoms with van der Waals surface area (Å²) in [7, 11) is 0. The molecule has 0 unspecified atom stereocenters. The molecule has 3 aromatic rings. The third-order valence-corrected chi connectivity index (χ3v) is 5.87. The number of anilines is 1. The van der Waals surface area contributed by atoms with Crippen LogP contribution in [0.5, 0.6) is 5.88 Å². The first-order valence-electron chi connectivity index (χ1n) is 10.4. The van der Waals surface area contributed by atoms with Crippen LogP contribution in [0.2, 0.25) is 0 Å². The van der Waals surface area contributed by atoms with Crippen LogP contribution < -0.4 is 10.5 Å². The van der Waals surface area contributed by atoms with Crippen molar-refractivity contribution in [1.29, 1.82) is 0 Å². The molecular formula is C22H21F2N5O4. The number of carbonyl (C=O) groups excluding carboxylic acids is 1. The molecule has 1 saturated heterocycles. The molecular weight excluding hydrogens is 436 g/mol. The van der Waals surface area contributed by atoms with Gasteiger partial charge in [0.15, 0.2) is 0 Å². The Bertz CT molecular complexity index is 1210. The lowest BCUT2D eigenvalue weighted by Crippen LogP contribution is -2.49. The van der Waals surface area contributed by atoms with Crippen molar-refractivity contribution in [2.24, 2.45) is 0 Å². The quantitative estimate of drug-likeness (QED) is 0.637. The summed E-state index contributed by atoms with van der Waals surface area (Å²) in [6.45, 7) is 0.289. The first-order valence-corrected chi connectivity index (χ1v) is 10.4. The number of aromatic nitrogens is 3. The highest BCUT2D eigenvalue weighted by Crippen LogP contribution is 2.33. The van der Waals surface area contributed by atoms with Gasteiger partial charge in [-0.2, -0.15) is 8.78 Å². The van der Waals surface area contributed by atoms with Crippen molar-refractivity contribution in [1.82, 2.24) is 19.9 Å². The van der Waals surface area contributed by atoms with Gasteiger partial charge in [-0.3, -0.25) is 4.79 Å². The molecule has 2 N–H and O–H groups in total. The predicted octanol–water partition coefficient (Wildman–Crippen LogP) is 2.84. The average molecular weight is 457 g/mol. The number of fused-ring (bicyclic) bond motifs is 3. The number of hydrogen-bond acceptors (Lipinski definition) is 8. The highest BCUT2D eigenvalue weighted by molar-refractivity contribution is 5.97. The van der Waals surface area contributed by atoms with Gasteiger partial charge >= 0.3 is 6.61 Å². The van der Waals surface area contributed by atoms with E-state index >= 15 is 0 Å². The monoisotopic (exact) mass is 457 g/mol. The van der Waals surface area contributed by atoms with E-state index in [1.54, 1.807) is 17.0 Å². The summed E-state index contributed by atoms with van der Waals surface area (Å²) >= 11 is 0. The summed E-state index contributed by atoms with van der Waals surface area (Å²) in [4.78, 5) is 27.9. The van der Waals surface area contributed by atoms with Crippen molar-refractivity contribution in [2.45, 2.75) is 38.8 Å². The minimum absolute atomic E-state index is 0.199. The summed E-state index contributed by atoms with van der Waals surface area (Å²) in [5, 5.41) is 0.780. The molecule has 2 aliphatic rings. The zero-order valence-corrected chi connectivity index (χ0v) is 17.7. The van der Waals surface area contributed by atoms with E-state index in [1.165, 1.54) is 18.5 Å². The fourth-order valence-corrected chi connectivity index (χ4v) is 4.29. The van der Waals surface area contributed by atoms with Crippen molar-refractivity contribution in [2.75, 3.05) is 18.9 Å². The summed E-state index contributed by atoms with van der Waals surface area (Å²) in [5.41, 5.74) is 9.27. The number of carbonyl (C=O) groups is 1. The fraction of sp³-hybridized carbons (Fsp3) is 0.364. The lowest BCUT2D eigenvalue weighted by molar-refractivity contribution is -0.0530. The van der Waals surface area contributed by atoms with E-state index in [0.717, 1.165) is 16.5 Å². The van der Waals surface area contributed by atoms with Crippen LogP contribution in [0.15, 0.2) is 30.6 Å². The van der Waals surface area contributed by atoms with Crippen molar-refractivity contribution >= 4 is 22.6 Å². The van der Waals surface area contributed by atoms with Crippen molar-refractivity contribution < 1.29 is 27.8 Å². The van der Waals surface area contributed by atoms with Crippen LogP contribution in [0.25, 0.3) is 10.9 Å². The maximum absolute atomic E-state index is 13.6. The van der Waals surface area contributed by atoms with Crippen LogP contribution in [0.1, 0.15) is 40.1 Å². The zero-order chi connectivity index (χ0) is 23.1. The predicted molar refractivity (Wildman–Crippen MR) is 113 cm³/mol. The van der Waals surface area contributed by atoms with Gasteiger partial charge in [0.2, 0.25) is 5.88 Å². The van der Waals surface area contributed by atoms with Crippen molar-refractivity contribution in [3.8, 4) is 5.88 Å². The van der Waals surface area contributed by atoms with Gasteiger partial charge in [-0.1, -0.05) is 0 Å². The Labute approximate surface area is 187 Å². The SMILES string of the molecule is C[C@H]1COC[C@@H](c2ccc(OC(F)F)nc2)N1C(=O)c1cc2c3c(c(N)nc2cn1)COC3. The molecule has 5 heterocycles. The summed E-state index contributed by atoms with van der Waals surface area (Å²) in [6.07, 6.45) is 2.95. The first kappa shape index (κ1) is 21.4. The number of alkyl halides is 2. The third-order valence-electron chi connectivity index (χ3n) is 5.87. The van der Waals surface area contributed by atoms with E-state index in [2.05, 4.69) is 19.7 Å². The number of hydrogen-bond donors (Lipinski definition) is 1. The first-order chi connectivity index (χ1) is 15.9. The van der Waals surface area contributed by atoms with Gasteiger partial charge in [-0.15, -0.1) is 0 Å². The molecule has 2 aliphatic heterocycles. The van der Waals surface area contributed by atoms with Gasteiger partial charge in [0.05, 0.1) is 50.2 Å². The number of nitrogens with zero attached hydrogens (tertiary/aromatic N) is 4. The van der Waals surface area contributed by atoms with E-state index < -0.39 is 12.7 Å². The number of nitrogens with two attached hydrogens (primary N) is 1. The van der Waals surface area contributed by atoms with E-state index in [4.69, 9.17) is 15.2 Å². The molecule has 0 aliphatic carbocycles. The molecule has 2 atom stereocenters. The lowest BCUT2D eigenvalue weighted by Gasteiger charge is -2.40. The van der Waals surface area contributed by atoms with Crippen molar-refractivity contribution in [3.05, 3.63) is 53.0 Å². The number of rotatable bonds is 4. The molecule has 0 saturated carbocycles. The van der Waals surface area contributed by atoms with Crippen LogP contribution in [0.4, 0.5) is 14.6 Å². The Morgan fingerprint density at radius 2 is 2.00 bits per heavy atom. The highest BCUT2D eigenvalue weighted by atomic mass is 19.3. The van der Waals surface area contributed by atoms with E-state index in [-0.39, 0.29) is 30.1 Å². The van der Waals surface area contributed by atoms with Crippen molar-refractivity contribution in [3.63, 3.8) is 0 Å². The molecule has 0 aromatic carbocycles. The Morgan fingerprint density at radius 3 is 2.76 bits per heavy atom. The van der Waals surface area contributed by atoms with Crippen LogP contribution in [-0.2, 0) is 22.7 Å². The minimum atomic E-state index is -2.96. The van der Waals surface area contributed by atoms with Gasteiger partial charge in [-0.05, 0) is 30.2 Å². The van der Waals surface area contributed by atoms with Crippen LogP contribution in [0.3, 0.4) is 0 Å². The molecule has 0 radical (unpaired) electrons. The fourth-order valence-electron chi connectivity index (χ4n) is 4.29. The molecule has 0 spiro atoms. The Balaban J connectivity index is 1.49. The lowest BCUT2D eigenvalue weighted by atomic mass is 10.0. The average Bonchev–Trinajstić information content (AvgIpc) is 3.30. The van der Waals surface area contributed by atoms with E-state index in [9.17, 15) is 13.6 Å². The molecule has 1 amide bonds. The van der Waals surface area contributed by atoms with E-state index in [0.29, 0.717) is 36.7 Å². The van der Waals surface area contributed by atoms with Crippen LogP contribution in [0, 0.1) is 0 Å². The highest BCUT2D eigenvalue weighted by Gasteiger charge is 2.35. The third kappa shape index (κ3) is 3.93. The Kier molecular flexibility index (Phi) is 5.51. The summed E-state index contributed by atoms with van der Waals surface area (Å²) in [5.74, 6) is -0.0740. The smallest absolute Gasteiger partial charge is 0.388 e. The number of pyridine rings is 3. The molecule has 11 heteroatoms. The second-order valence-corrected chi connectivity index (χ2v) is 7.96.